The molecule has 2 N–H and O–H groups in total. The Balaban J connectivity index is 1.82. The van der Waals surface area contributed by atoms with E-state index >= 15 is 0 Å². The highest BCUT2D eigenvalue weighted by Crippen LogP contribution is 2.31. The van der Waals surface area contributed by atoms with Gasteiger partial charge in [-0.1, -0.05) is 6.07 Å². The lowest BCUT2D eigenvalue weighted by Crippen LogP contribution is -2.37. The van der Waals surface area contributed by atoms with Gasteiger partial charge in [-0.3, -0.25) is 4.90 Å². The molecule has 3 rings (SSSR count). The number of rotatable bonds is 3. The highest BCUT2D eigenvalue weighted by Gasteiger charge is 2.35. The number of hydrogen-bond acceptors (Lipinski definition) is 4. The van der Waals surface area contributed by atoms with Crippen molar-refractivity contribution in [2.45, 2.75) is 50.7 Å². The Kier molecular flexibility index (Phi) is 3.94. The van der Waals surface area contributed by atoms with Gasteiger partial charge in [-0.25, -0.2) is 4.98 Å². The maximum atomic E-state index is 5.98. The first-order valence-electron chi connectivity index (χ1n) is 7.81. The standard InChI is InChI=1S/C16H26N4/c1-12(17)10-13-4-3-8-18-16(13)20-9-7-14-5-6-15(11-20)19(14)2/h3-4,8,12,14-15H,5-7,9-11,17H2,1-2H3. The first-order valence-corrected chi connectivity index (χ1v) is 7.81. The third kappa shape index (κ3) is 2.67. The molecule has 2 aliphatic rings. The van der Waals surface area contributed by atoms with Crippen LogP contribution >= 0.6 is 0 Å². The zero-order valence-electron chi connectivity index (χ0n) is 12.6. The molecule has 110 valence electrons. The molecule has 2 saturated heterocycles. The van der Waals surface area contributed by atoms with Crippen LogP contribution in [0.5, 0.6) is 0 Å². The van der Waals surface area contributed by atoms with Crippen molar-refractivity contribution in [1.82, 2.24) is 9.88 Å². The monoisotopic (exact) mass is 274 g/mol. The molecule has 3 unspecified atom stereocenters. The number of pyridine rings is 1. The average Bonchev–Trinajstić information content (AvgIpc) is 2.64. The second-order valence-electron chi connectivity index (χ2n) is 6.45. The van der Waals surface area contributed by atoms with E-state index in [1.54, 1.807) is 0 Å². The van der Waals surface area contributed by atoms with Crippen molar-refractivity contribution in [3.8, 4) is 0 Å². The summed E-state index contributed by atoms with van der Waals surface area (Å²) in [7, 11) is 2.28. The van der Waals surface area contributed by atoms with E-state index in [0.29, 0.717) is 6.04 Å². The molecular weight excluding hydrogens is 248 g/mol. The van der Waals surface area contributed by atoms with Gasteiger partial charge in [-0.05, 0) is 51.3 Å². The van der Waals surface area contributed by atoms with Crippen LogP contribution in [0.1, 0.15) is 31.7 Å². The number of nitrogens with two attached hydrogens (primary N) is 1. The number of likely N-dealkylation sites (N-methyl/N-ethyl adjacent to an activating group) is 1. The fourth-order valence-corrected chi connectivity index (χ4v) is 3.72. The molecule has 0 saturated carbocycles. The molecule has 4 heteroatoms. The second-order valence-corrected chi connectivity index (χ2v) is 6.45. The average molecular weight is 274 g/mol. The van der Waals surface area contributed by atoms with E-state index < -0.39 is 0 Å². The van der Waals surface area contributed by atoms with E-state index in [0.717, 1.165) is 31.4 Å². The second kappa shape index (κ2) is 5.70. The SMILES string of the molecule is CC(N)Cc1cccnc1N1CCC2CCC(C1)N2C. The van der Waals surface area contributed by atoms with E-state index in [9.17, 15) is 0 Å². The van der Waals surface area contributed by atoms with Crippen molar-refractivity contribution in [1.29, 1.82) is 0 Å². The van der Waals surface area contributed by atoms with Crippen LogP contribution in [0.4, 0.5) is 5.82 Å². The number of hydrogen-bond donors (Lipinski definition) is 1. The Morgan fingerprint density at radius 2 is 2.15 bits per heavy atom. The van der Waals surface area contributed by atoms with Gasteiger partial charge < -0.3 is 10.6 Å². The van der Waals surface area contributed by atoms with Crippen LogP contribution in [0.2, 0.25) is 0 Å². The summed E-state index contributed by atoms with van der Waals surface area (Å²) in [5.41, 5.74) is 7.28. The first-order chi connectivity index (χ1) is 9.65. The molecule has 2 fully saturated rings. The van der Waals surface area contributed by atoms with Gasteiger partial charge >= 0.3 is 0 Å². The van der Waals surface area contributed by atoms with Crippen LogP contribution in [0, 0.1) is 0 Å². The summed E-state index contributed by atoms with van der Waals surface area (Å²) in [6, 6.07) is 5.85. The quantitative estimate of drug-likeness (QED) is 0.910. The van der Waals surface area contributed by atoms with E-state index in [2.05, 4.69) is 34.8 Å². The summed E-state index contributed by atoms with van der Waals surface area (Å²) in [6.07, 6.45) is 6.76. The van der Waals surface area contributed by atoms with Crippen LogP contribution in [0.3, 0.4) is 0 Å². The van der Waals surface area contributed by atoms with Gasteiger partial charge in [0.05, 0.1) is 0 Å². The molecule has 2 bridgehead atoms. The minimum atomic E-state index is 0.184. The van der Waals surface area contributed by atoms with Gasteiger partial charge in [0, 0.05) is 37.4 Å². The number of fused-ring (bicyclic) bond motifs is 2. The molecule has 3 atom stereocenters. The summed E-state index contributed by atoms with van der Waals surface area (Å²) in [5, 5.41) is 0. The van der Waals surface area contributed by atoms with E-state index in [-0.39, 0.29) is 6.04 Å². The minimum Gasteiger partial charge on any atom is -0.355 e. The summed E-state index contributed by atoms with van der Waals surface area (Å²) in [6.45, 7) is 4.29. The molecule has 4 nitrogen and oxygen atoms in total. The fraction of sp³-hybridized carbons (Fsp3) is 0.688. The first kappa shape index (κ1) is 13.8. The molecule has 1 aromatic heterocycles. The van der Waals surface area contributed by atoms with Crippen LogP contribution in [0.25, 0.3) is 0 Å². The van der Waals surface area contributed by atoms with Gasteiger partial charge in [0.1, 0.15) is 5.82 Å². The third-order valence-electron chi connectivity index (χ3n) is 4.86. The van der Waals surface area contributed by atoms with Crippen molar-refractivity contribution in [2.75, 3.05) is 25.0 Å². The molecule has 20 heavy (non-hydrogen) atoms. The van der Waals surface area contributed by atoms with Crippen LogP contribution < -0.4 is 10.6 Å². The molecule has 0 spiro atoms. The van der Waals surface area contributed by atoms with Crippen molar-refractivity contribution in [3.63, 3.8) is 0 Å². The lowest BCUT2D eigenvalue weighted by atomic mass is 10.1. The Morgan fingerprint density at radius 3 is 2.95 bits per heavy atom. The van der Waals surface area contributed by atoms with E-state index in [1.165, 1.54) is 24.8 Å². The van der Waals surface area contributed by atoms with Crippen molar-refractivity contribution >= 4 is 5.82 Å². The predicted octanol–water partition coefficient (Wildman–Crippen LogP) is 1.64. The Bertz CT molecular complexity index is 460. The molecule has 1 aromatic rings. The zero-order valence-corrected chi connectivity index (χ0v) is 12.6. The Morgan fingerprint density at radius 1 is 1.35 bits per heavy atom. The van der Waals surface area contributed by atoms with Crippen molar-refractivity contribution in [3.05, 3.63) is 23.9 Å². The smallest absolute Gasteiger partial charge is 0.131 e. The zero-order chi connectivity index (χ0) is 14.1. The highest BCUT2D eigenvalue weighted by molar-refractivity contribution is 5.47. The van der Waals surface area contributed by atoms with Gasteiger partial charge in [-0.15, -0.1) is 0 Å². The van der Waals surface area contributed by atoms with E-state index in [1.807, 2.05) is 12.3 Å². The maximum absolute atomic E-state index is 5.98. The third-order valence-corrected chi connectivity index (χ3v) is 4.86. The molecule has 0 amide bonds. The molecule has 2 aliphatic heterocycles. The van der Waals surface area contributed by atoms with Crippen LogP contribution in [0.15, 0.2) is 18.3 Å². The predicted molar refractivity (Wildman–Crippen MR) is 83.0 cm³/mol. The number of nitrogens with zero attached hydrogens (tertiary/aromatic N) is 3. The maximum Gasteiger partial charge on any atom is 0.131 e. The summed E-state index contributed by atoms with van der Waals surface area (Å²) >= 11 is 0. The van der Waals surface area contributed by atoms with E-state index in [4.69, 9.17) is 5.73 Å². The van der Waals surface area contributed by atoms with Gasteiger partial charge in [0.25, 0.3) is 0 Å². The summed E-state index contributed by atoms with van der Waals surface area (Å²) in [4.78, 5) is 9.72. The Labute approximate surface area is 122 Å². The lowest BCUT2D eigenvalue weighted by Gasteiger charge is -2.28. The number of aromatic nitrogens is 1. The molecular formula is C16H26N4. The molecule has 0 aromatic carbocycles. The normalized spacial score (nSPS) is 28.4. The highest BCUT2D eigenvalue weighted by atomic mass is 15.3. The van der Waals surface area contributed by atoms with Gasteiger partial charge in [-0.2, -0.15) is 0 Å². The summed E-state index contributed by atoms with van der Waals surface area (Å²) < 4.78 is 0. The largest absolute Gasteiger partial charge is 0.355 e. The number of anilines is 1. The van der Waals surface area contributed by atoms with Crippen molar-refractivity contribution < 1.29 is 0 Å². The van der Waals surface area contributed by atoms with Gasteiger partial charge in [0.15, 0.2) is 0 Å². The topological polar surface area (TPSA) is 45.4 Å². The summed E-state index contributed by atoms with van der Waals surface area (Å²) in [5.74, 6) is 1.16. The molecule has 0 aliphatic carbocycles. The van der Waals surface area contributed by atoms with Crippen LogP contribution in [-0.4, -0.2) is 48.1 Å². The fourth-order valence-electron chi connectivity index (χ4n) is 3.72. The van der Waals surface area contributed by atoms with Crippen molar-refractivity contribution in [2.24, 2.45) is 5.73 Å². The molecule has 0 radical (unpaired) electrons. The Hall–Kier alpha value is -1.13. The lowest BCUT2D eigenvalue weighted by molar-refractivity contribution is 0.254. The molecule has 3 heterocycles. The van der Waals surface area contributed by atoms with Gasteiger partial charge in [0.2, 0.25) is 0 Å². The minimum absolute atomic E-state index is 0.184. The van der Waals surface area contributed by atoms with Crippen LogP contribution in [-0.2, 0) is 6.42 Å².